The average Bonchev–Trinajstić information content (AvgIpc) is 3.27. The number of carbonyl (C=O) groups excluding carboxylic acids is 1. The monoisotopic (exact) mass is 263 g/mol. The third-order valence-corrected chi connectivity index (χ3v) is 5.16. The van der Waals surface area contributed by atoms with Crippen LogP contribution in [-0.2, 0) is 6.42 Å². The first-order valence-electron chi connectivity index (χ1n) is 7.12. The molecular weight excluding hydrogens is 242 g/mol. The zero-order chi connectivity index (χ0) is 12.5. The van der Waals surface area contributed by atoms with Crippen LogP contribution in [0.15, 0.2) is 12.1 Å². The summed E-state index contributed by atoms with van der Waals surface area (Å²) in [5, 5.41) is 0. The number of ketones is 1. The van der Waals surface area contributed by atoms with Gasteiger partial charge in [-0.15, -0.1) is 11.3 Å². The van der Waals surface area contributed by atoms with Crippen molar-refractivity contribution in [1.29, 1.82) is 0 Å². The predicted molar refractivity (Wildman–Crippen MR) is 75.3 cm³/mol. The molecule has 3 heteroatoms. The molecule has 0 unspecified atom stereocenters. The van der Waals surface area contributed by atoms with Gasteiger partial charge in [-0.05, 0) is 50.2 Å². The van der Waals surface area contributed by atoms with Gasteiger partial charge in [-0.25, -0.2) is 0 Å². The first-order chi connectivity index (χ1) is 8.76. The van der Waals surface area contributed by atoms with E-state index in [1.165, 1.54) is 30.6 Å². The minimum Gasteiger partial charge on any atom is -0.293 e. The highest BCUT2D eigenvalue weighted by Gasteiger charge is 2.34. The average molecular weight is 263 g/mol. The molecule has 2 aliphatic rings. The maximum Gasteiger partial charge on any atom is 0.186 e. The number of carbonyl (C=O) groups is 1. The van der Waals surface area contributed by atoms with Gasteiger partial charge in [0.25, 0.3) is 0 Å². The van der Waals surface area contributed by atoms with Gasteiger partial charge in [0.1, 0.15) is 0 Å². The summed E-state index contributed by atoms with van der Waals surface area (Å²) >= 11 is 1.67. The fraction of sp³-hybridized carbons (Fsp3) is 0.667. The Labute approximate surface area is 113 Å². The van der Waals surface area contributed by atoms with Crippen molar-refractivity contribution < 1.29 is 4.79 Å². The van der Waals surface area contributed by atoms with E-state index in [-0.39, 0.29) is 0 Å². The summed E-state index contributed by atoms with van der Waals surface area (Å²) in [6.45, 7) is 3.94. The lowest BCUT2D eigenvalue weighted by Crippen LogP contribution is -2.33. The molecule has 0 aromatic carbocycles. The van der Waals surface area contributed by atoms with Crippen LogP contribution in [0.5, 0.6) is 0 Å². The van der Waals surface area contributed by atoms with Crippen molar-refractivity contribution in [2.45, 2.75) is 45.1 Å². The number of rotatable bonds is 7. The van der Waals surface area contributed by atoms with Crippen LogP contribution < -0.4 is 0 Å². The normalized spacial score (nSPS) is 19.4. The van der Waals surface area contributed by atoms with E-state index in [9.17, 15) is 4.79 Å². The highest BCUT2D eigenvalue weighted by molar-refractivity contribution is 7.14. The molecule has 1 heterocycles. The lowest BCUT2D eigenvalue weighted by atomic mass is 10.2. The molecule has 2 nitrogen and oxygen atoms in total. The quantitative estimate of drug-likeness (QED) is 0.703. The Morgan fingerprint density at radius 3 is 2.67 bits per heavy atom. The fourth-order valence-corrected chi connectivity index (χ4v) is 3.27. The standard InChI is InChI=1S/C15H21NOS/c1-2-13-7-8-15(18-13)14(17)10-16(12-5-6-12)9-11-3-4-11/h7-8,11-12H,2-6,9-10H2,1H3. The van der Waals surface area contributed by atoms with Gasteiger partial charge >= 0.3 is 0 Å². The van der Waals surface area contributed by atoms with Gasteiger partial charge in [0.15, 0.2) is 5.78 Å². The Balaban J connectivity index is 1.60. The third-order valence-electron chi connectivity index (χ3n) is 3.88. The summed E-state index contributed by atoms with van der Waals surface area (Å²) < 4.78 is 0. The van der Waals surface area contributed by atoms with Crippen LogP contribution in [0.3, 0.4) is 0 Å². The van der Waals surface area contributed by atoms with Crippen molar-refractivity contribution >= 4 is 17.1 Å². The van der Waals surface area contributed by atoms with Crippen LogP contribution in [-0.4, -0.2) is 29.8 Å². The molecule has 0 bridgehead atoms. The van der Waals surface area contributed by atoms with Gasteiger partial charge in [-0.3, -0.25) is 9.69 Å². The number of Topliss-reactive ketones (excluding diaryl/α,β-unsaturated/α-hetero) is 1. The van der Waals surface area contributed by atoms with Gasteiger partial charge in [0.05, 0.1) is 11.4 Å². The maximum atomic E-state index is 12.3. The van der Waals surface area contributed by atoms with Gasteiger partial charge < -0.3 is 0 Å². The van der Waals surface area contributed by atoms with E-state index in [1.807, 2.05) is 6.07 Å². The number of hydrogen-bond acceptors (Lipinski definition) is 3. The molecule has 18 heavy (non-hydrogen) atoms. The molecule has 0 atom stereocenters. The first kappa shape index (κ1) is 12.4. The van der Waals surface area contributed by atoms with E-state index in [0.717, 1.165) is 23.8 Å². The van der Waals surface area contributed by atoms with Crippen LogP contribution in [0.1, 0.15) is 47.2 Å². The van der Waals surface area contributed by atoms with Crippen LogP contribution >= 0.6 is 11.3 Å². The Morgan fingerprint density at radius 1 is 1.33 bits per heavy atom. The van der Waals surface area contributed by atoms with Crippen LogP contribution in [0.4, 0.5) is 0 Å². The van der Waals surface area contributed by atoms with Gasteiger partial charge in [-0.1, -0.05) is 6.92 Å². The zero-order valence-corrected chi connectivity index (χ0v) is 11.8. The molecule has 3 rings (SSSR count). The smallest absolute Gasteiger partial charge is 0.186 e. The Hall–Kier alpha value is -0.670. The Morgan fingerprint density at radius 2 is 2.11 bits per heavy atom. The minimum absolute atomic E-state index is 0.326. The van der Waals surface area contributed by atoms with Gasteiger partial charge in [0, 0.05) is 17.5 Å². The second-order valence-corrected chi connectivity index (χ2v) is 6.82. The summed E-state index contributed by atoms with van der Waals surface area (Å²) in [5.74, 6) is 1.21. The molecular formula is C15H21NOS. The lowest BCUT2D eigenvalue weighted by molar-refractivity contribution is 0.0925. The number of aryl methyl sites for hydroxylation is 1. The van der Waals surface area contributed by atoms with E-state index in [4.69, 9.17) is 0 Å². The summed E-state index contributed by atoms with van der Waals surface area (Å²) in [6.07, 6.45) is 6.37. The number of nitrogens with zero attached hydrogens (tertiary/aromatic N) is 1. The second kappa shape index (κ2) is 5.14. The number of thiophene rings is 1. The van der Waals surface area contributed by atoms with Gasteiger partial charge in [-0.2, -0.15) is 0 Å². The predicted octanol–water partition coefficient (Wildman–Crippen LogP) is 3.37. The molecule has 98 valence electrons. The molecule has 1 aromatic heterocycles. The van der Waals surface area contributed by atoms with E-state index >= 15 is 0 Å². The van der Waals surface area contributed by atoms with E-state index in [1.54, 1.807) is 11.3 Å². The molecule has 1 aromatic rings. The maximum absolute atomic E-state index is 12.3. The lowest BCUT2D eigenvalue weighted by Gasteiger charge is -2.20. The molecule has 2 saturated carbocycles. The van der Waals surface area contributed by atoms with Crippen LogP contribution in [0.2, 0.25) is 0 Å². The van der Waals surface area contributed by atoms with Crippen molar-refractivity contribution in [2.24, 2.45) is 5.92 Å². The summed E-state index contributed by atoms with van der Waals surface area (Å²) in [6, 6.07) is 4.81. The third kappa shape index (κ3) is 3.01. The van der Waals surface area contributed by atoms with E-state index in [2.05, 4.69) is 17.9 Å². The second-order valence-electron chi connectivity index (χ2n) is 5.65. The molecule has 0 amide bonds. The van der Waals surface area contributed by atoms with Crippen LogP contribution in [0.25, 0.3) is 0 Å². The summed E-state index contributed by atoms with van der Waals surface area (Å²) in [7, 11) is 0. The summed E-state index contributed by atoms with van der Waals surface area (Å²) in [5.41, 5.74) is 0. The zero-order valence-electron chi connectivity index (χ0n) is 11.0. The SMILES string of the molecule is CCc1ccc(C(=O)CN(CC2CC2)C2CC2)s1. The van der Waals surface area contributed by atoms with Crippen molar-refractivity contribution in [3.8, 4) is 0 Å². The molecule has 0 radical (unpaired) electrons. The fourth-order valence-electron chi connectivity index (χ4n) is 2.39. The van der Waals surface area contributed by atoms with E-state index in [0.29, 0.717) is 18.4 Å². The molecule has 0 spiro atoms. The first-order valence-corrected chi connectivity index (χ1v) is 7.94. The van der Waals surface area contributed by atoms with Crippen molar-refractivity contribution in [2.75, 3.05) is 13.1 Å². The highest BCUT2D eigenvalue weighted by Crippen LogP contribution is 2.35. The van der Waals surface area contributed by atoms with Crippen molar-refractivity contribution in [1.82, 2.24) is 4.90 Å². The minimum atomic E-state index is 0.326. The van der Waals surface area contributed by atoms with Gasteiger partial charge in [0.2, 0.25) is 0 Å². The van der Waals surface area contributed by atoms with Crippen molar-refractivity contribution in [3.05, 3.63) is 21.9 Å². The molecule has 2 fully saturated rings. The highest BCUT2D eigenvalue weighted by atomic mass is 32.1. The molecule has 2 aliphatic carbocycles. The summed E-state index contributed by atoms with van der Waals surface area (Å²) in [4.78, 5) is 17.0. The van der Waals surface area contributed by atoms with Crippen molar-refractivity contribution in [3.63, 3.8) is 0 Å². The topological polar surface area (TPSA) is 20.3 Å². The molecule has 0 N–H and O–H groups in total. The Kier molecular flexibility index (Phi) is 3.53. The van der Waals surface area contributed by atoms with E-state index < -0.39 is 0 Å². The van der Waals surface area contributed by atoms with Crippen LogP contribution in [0, 0.1) is 5.92 Å². The molecule has 0 aliphatic heterocycles. The molecule has 0 saturated heterocycles. The Bertz CT molecular complexity index is 431. The largest absolute Gasteiger partial charge is 0.293 e. The number of hydrogen-bond donors (Lipinski definition) is 0.